The predicted octanol–water partition coefficient (Wildman–Crippen LogP) is 0.314. The van der Waals surface area contributed by atoms with Crippen LogP contribution in [0.1, 0.15) is 6.42 Å². The fourth-order valence-corrected chi connectivity index (χ4v) is 0.609. The lowest BCUT2D eigenvalue weighted by Crippen LogP contribution is -2.28. The molecule has 0 saturated carbocycles. The van der Waals surface area contributed by atoms with Gasteiger partial charge in [-0.1, -0.05) is 0 Å². The topological polar surface area (TPSA) is 26.3 Å². The van der Waals surface area contributed by atoms with Crippen molar-refractivity contribution in [3.05, 3.63) is 0 Å². The number of hydrogen-bond acceptors (Lipinski definition) is 2. The second-order valence-corrected chi connectivity index (χ2v) is 1.76. The van der Waals surface area contributed by atoms with Gasteiger partial charge in [-0.25, -0.2) is 4.39 Å². The first kappa shape index (κ1) is 5.69. The third-order valence-corrected chi connectivity index (χ3v) is 1.11. The Morgan fingerprint density at radius 1 is 1.75 bits per heavy atom. The molecule has 0 aromatic rings. The van der Waals surface area contributed by atoms with E-state index in [0.717, 1.165) is 0 Å². The maximum atomic E-state index is 12.1. The van der Waals surface area contributed by atoms with E-state index in [4.69, 9.17) is 0 Å². The first-order chi connectivity index (χ1) is 3.80. The van der Waals surface area contributed by atoms with Crippen LogP contribution in [0, 0.1) is 0 Å². The first-order valence-electron chi connectivity index (χ1n) is 2.55. The van der Waals surface area contributed by atoms with Gasteiger partial charge in [0.25, 0.3) is 0 Å². The molecule has 1 rings (SSSR count). The monoisotopic (exact) mass is 118 g/mol. The van der Waals surface area contributed by atoms with Crippen LogP contribution in [0.3, 0.4) is 0 Å². The van der Waals surface area contributed by atoms with Crippen molar-refractivity contribution >= 4 is 5.78 Å². The van der Waals surface area contributed by atoms with Gasteiger partial charge in [-0.05, 0) is 0 Å². The van der Waals surface area contributed by atoms with Crippen LogP contribution < -0.4 is 0 Å². The lowest BCUT2D eigenvalue weighted by Gasteiger charge is -2.12. The van der Waals surface area contributed by atoms with Crippen molar-refractivity contribution in [1.29, 1.82) is 0 Å². The number of carbonyl (C=O) groups excluding carboxylic acids is 1. The summed E-state index contributed by atoms with van der Waals surface area (Å²) in [6.07, 6.45) is -1.12. The van der Waals surface area contributed by atoms with Gasteiger partial charge in [-0.15, -0.1) is 0 Å². The van der Waals surface area contributed by atoms with Crippen LogP contribution in [0.5, 0.6) is 0 Å². The molecular formula is C5H7FO2. The second-order valence-electron chi connectivity index (χ2n) is 1.76. The highest BCUT2D eigenvalue weighted by molar-refractivity contribution is 5.83. The fraction of sp³-hybridized carbons (Fsp3) is 0.800. The Bertz CT molecular complexity index is 103. The number of hydrogen-bond donors (Lipinski definition) is 0. The number of Topliss-reactive ketones (excluding diaryl/α,β-unsaturated/α-hetero) is 1. The Morgan fingerprint density at radius 2 is 2.50 bits per heavy atom. The molecule has 0 unspecified atom stereocenters. The number of ether oxygens (including phenoxy) is 1. The zero-order chi connectivity index (χ0) is 5.98. The Labute approximate surface area is 46.6 Å². The van der Waals surface area contributed by atoms with Gasteiger partial charge < -0.3 is 4.74 Å². The summed E-state index contributed by atoms with van der Waals surface area (Å²) in [5.74, 6) is -0.323. The summed E-state index contributed by atoms with van der Waals surface area (Å²) < 4.78 is 16.8. The molecule has 1 heterocycles. The number of alkyl halides is 1. The molecule has 1 atom stereocenters. The van der Waals surface area contributed by atoms with Gasteiger partial charge in [0, 0.05) is 6.42 Å². The molecule has 1 aliphatic heterocycles. The van der Waals surface area contributed by atoms with Crippen molar-refractivity contribution in [1.82, 2.24) is 0 Å². The minimum Gasteiger partial charge on any atom is -0.377 e. The molecule has 0 N–H and O–H groups in total. The third-order valence-electron chi connectivity index (χ3n) is 1.11. The van der Waals surface area contributed by atoms with Crippen LogP contribution >= 0.6 is 0 Å². The van der Waals surface area contributed by atoms with Gasteiger partial charge >= 0.3 is 0 Å². The maximum Gasteiger partial charge on any atom is 0.181 e. The largest absolute Gasteiger partial charge is 0.377 e. The van der Waals surface area contributed by atoms with Crippen LogP contribution in [0.25, 0.3) is 0 Å². The Kier molecular flexibility index (Phi) is 1.58. The lowest BCUT2D eigenvalue weighted by molar-refractivity contribution is -0.131. The molecular weight excluding hydrogens is 111 g/mol. The van der Waals surface area contributed by atoms with Crippen LogP contribution in [-0.2, 0) is 9.53 Å². The van der Waals surface area contributed by atoms with E-state index in [2.05, 4.69) is 4.74 Å². The highest BCUT2D eigenvalue weighted by atomic mass is 19.1. The molecule has 46 valence electrons. The quantitative estimate of drug-likeness (QED) is 0.457. The number of halogens is 1. The summed E-state index contributed by atoms with van der Waals surface area (Å²) >= 11 is 0. The van der Waals surface area contributed by atoms with E-state index in [1.807, 2.05) is 0 Å². The summed E-state index contributed by atoms with van der Waals surface area (Å²) in [5.41, 5.74) is 0. The molecule has 0 amide bonds. The van der Waals surface area contributed by atoms with E-state index in [-0.39, 0.29) is 18.8 Å². The normalized spacial score (nSPS) is 30.6. The Morgan fingerprint density at radius 3 is 2.88 bits per heavy atom. The maximum absolute atomic E-state index is 12.1. The van der Waals surface area contributed by atoms with Crippen molar-refractivity contribution in [2.75, 3.05) is 13.2 Å². The van der Waals surface area contributed by atoms with E-state index in [1.165, 1.54) is 0 Å². The summed E-state index contributed by atoms with van der Waals surface area (Å²) in [4.78, 5) is 10.3. The highest BCUT2D eigenvalue weighted by Crippen LogP contribution is 2.04. The molecule has 0 bridgehead atoms. The van der Waals surface area contributed by atoms with E-state index in [1.54, 1.807) is 0 Å². The zero-order valence-corrected chi connectivity index (χ0v) is 4.39. The molecule has 0 aliphatic carbocycles. The SMILES string of the molecule is O=C1CCOC[C@H]1F. The molecule has 0 aromatic carbocycles. The van der Waals surface area contributed by atoms with E-state index in [0.29, 0.717) is 6.61 Å². The van der Waals surface area contributed by atoms with E-state index < -0.39 is 6.17 Å². The van der Waals surface area contributed by atoms with Crippen molar-refractivity contribution in [3.8, 4) is 0 Å². The summed E-state index contributed by atoms with van der Waals surface area (Å²) in [5, 5.41) is 0. The van der Waals surface area contributed by atoms with Gasteiger partial charge in [-0.3, -0.25) is 4.79 Å². The first-order valence-corrected chi connectivity index (χ1v) is 2.55. The minimum atomic E-state index is -1.36. The van der Waals surface area contributed by atoms with Crippen molar-refractivity contribution in [2.45, 2.75) is 12.6 Å². The van der Waals surface area contributed by atoms with Gasteiger partial charge in [0.05, 0.1) is 13.2 Å². The number of rotatable bonds is 0. The van der Waals surface area contributed by atoms with Crippen LogP contribution in [0.15, 0.2) is 0 Å². The lowest BCUT2D eigenvalue weighted by atomic mass is 10.2. The summed E-state index contributed by atoms with van der Waals surface area (Å²) in [7, 11) is 0. The molecule has 1 aliphatic rings. The zero-order valence-electron chi connectivity index (χ0n) is 4.39. The molecule has 0 aromatic heterocycles. The second kappa shape index (κ2) is 2.22. The molecule has 2 nitrogen and oxygen atoms in total. The smallest absolute Gasteiger partial charge is 0.181 e. The van der Waals surface area contributed by atoms with Crippen LogP contribution in [-0.4, -0.2) is 25.2 Å². The van der Waals surface area contributed by atoms with Gasteiger partial charge in [0.15, 0.2) is 12.0 Å². The highest BCUT2D eigenvalue weighted by Gasteiger charge is 2.20. The summed E-state index contributed by atoms with van der Waals surface area (Å²) in [6, 6.07) is 0. The van der Waals surface area contributed by atoms with Crippen LogP contribution in [0.2, 0.25) is 0 Å². The van der Waals surface area contributed by atoms with Crippen molar-refractivity contribution < 1.29 is 13.9 Å². The molecule has 8 heavy (non-hydrogen) atoms. The Balaban J connectivity index is 2.39. The molecule has 3 heteroatoms. The van der Waals surface area contributed by atoms with Gasteiger partial charge in [-0.2, -0.15) is 0 Å². The molecule has 1 saturated heterocycles. The molecule has 1 fully saturated rings. The third kappa shape index (κ3) is 1.04. The van der Waals surface area contributed by atoms with E-state index in [9.17, 15) is 9.18 Å². The minimum absolute atomic E-state index is 0.0428. The average molecular weight is 118 g/mol. The number of carbonyl (C=O) groups is 1. The van der Waals surface area contributed by atoms with E-state index >= 15 is 0 Å². The Hall–Kier alpha value is -0.440. The van der Waals surface area contributed by atoms with Gasteiger partial charge in [0.1, 0.15) is 0 Å². The fourth-order valence-electron chi connectivity index (χ4n) is 0.609. The van der Waals surface area contributed by atoms with Crippen molar-refractivity contribution in [3.63, 3.8) is 0 Å². The van der Waals surface area contributed by atoms with Crippen LogP contribution in [0.4, 0.5) is 4.39 Å². The predicted molar refractivity (Wildman–Crippen MR) is 25.3 cm³/mol. The molecule has 0 radical (unpaired) electrons. The van der Waals surface area contributed by atoms with Gasteiger partial charge in [0.2, 0.25) is 0 Å². The summed E-state index contributed by atoms with van der Waals surface area (Å²) in [6.45, 7) is 0.345. The molecule has 0 spiro atoms. The average Bonchev–Trinajstić information content (AvgIpc) is 1.77. The number of ketones is 1. The van der Waals surface area contributed by atoms with Crippen molar-refractivity contribution in [2.24, 2.45) is 0 Å². The standard InChI is InChI=1S/C5H7FO2/c6-4-3-8-2-1-5(4)7/h4H,1-3H2/t4-/m1/s1.